The second-order valence-electron chi connectivity index (χ2n) is 12.1. The first-order chi connectivity index (χ1) is 20.4. The van der Waals surface area contributed by atoms with Gasteiger partial charge in [0.2, 0.25) is 5.91 Å². The summed E-state index contributed by atoms with van der Waals surface area (Å²) in [5.41, 5.74) is -0.181. The summed E-state index contributed by atoms with van der Waals surface area (Å²) in [5.74, 6) is -1.25. The Morgan fingerprint density at radius 1 is 1.09 bits per heavy atom. The zero-order valence-electron chi connectivity index (χ0n) is 24.3. The minimum absolute atomic E-state index is 0.0245. The van der Waals surface area contributed by atoms with Crippen molar-refractivity contribution in [3.05, 3.63) is 63.0 Å². The molecule has 0 bridgehead atoms. The van der Waals surface area contributed by atoms with Crippen LogP contribution in [0.2, 0.25) is 10.0 Å². The second-order valence-corrected chi connectivity index (χ2v) is 13.0. The molecule has 0 unspecified atom stereocenters. The van der Waals surface area contributed by atoms with E-state index in [4.69, 9.17) is 27.9 Å². The van der Waals surface area contributed by atoms with Crippen LogP contribution in [0.1, 0.15) is 26.7 Å². The van der Waals surface area contributed by atoms with Crippen LogP contribution in [-0.4, -0.2) is 77.2 Å². The predicted octanol–water partition coefficient (Wildman–Crippen LogP) is 5.36. The Morgan fingerprint density at radius 2 is 1.81 bits per heavy atom. The minimum atomic E-state index is -0.891. The van der Waals surface area contributed by atoms with E-state index in [1.807, 2.05) is 18.7 Å². The molecule has 43 heavy (non-hydrogen) atoms. The average molecular weight is 633 g/mol. The molecule has 8 nitrogen and oxygen atoms in total. The smallest absolute Gasteiger partial charge is 0.350 e. The molecule has 12 heteroatoms. The highest BCUT2D eigenvalue weighted by Gasteiger charge is 2.41. The molecule has 3 aromatic rings. The summed E-state index contributed by atoms with van der Waals surface area (Å²) < 4.78 is 37.7. The van der Waals surface area contributed by atoms with Crippen molar-refractivity contribution < 1.29 is 18.3 Å². The number of piperidine rings is 1. The normalized spacial score (nSPS) is 22.0. The zero-order valence-corrected chi connectivity index (χ0v) is 25.8. The summed E-state index contributed by atoms with van der Waals surface area (Å²) in [4.78, 5) is 37.0. The Labute approximate surface area is 258 Å². The highest BCUT2D eigenvalue weighted by Crippen LogP contribution is 2.49. The Hall–Kier alpha value is -3.21. The Balaban J connectivity index is 1.59. The van der Waals surface area contributed by atoms with Gasteiger partial charge < -0.3 is 19.4 Å². The van der Waals surface area contributed by atoms with E-state index >= 15 is 4.39 Å². The molecule has 0 N–H and O–H groups in total. The molecule has 228 valence electrons. The molecule has 2 fully saturated rings. The standard InChI is InChI=1S/C31H33Cl2F2N5O3/c1-5-25(41)38-13-18(3)39(14-17(38)2)29-20-11-22(33)26(19-10-21(32)24(35)12-23(19)34)28-27(20)40(30(42)36-29)15-31(16-43-28)6-8-37(4)9-7-31/h5,10-12,17-18H,1,6-9,13-16H2,2-4H3/t17-,18+/m1/s1. The molecule has 1 amide bonds. The molecule has 0 radical (unpaired) electrons. The van der Waals surface area contributed by atoms with E-state index in [1.54, 1.807) is 15.5 Å². The van der Waals surface area contributed by atoms with Crippen molar-refractivity contribution in [2.24, 2.45) is 5.41 Å². The van der Waals surface area contributed by atoms with E-state index < -0.39 is 17.3 Å². The Morgan fingerprint density at radius 3 is 2.51 bits per heavy atom. The molecule has 6 rings (SSSR count). The Bertz CT molecular complexity index is 1710. The second kappa shape index (κ2) is 11.1. The molecule has 1 aromatic heterocycles. The van der Waals surface area contributed by atoms with Gasteiger partial charge in [-0.1, -0.05) is 29.8 Å². The van der Waals surface area contributed by atoms with Crippen LogP contribution in [0.15, 0.2) is 35.6 Å². The molecule has 2 aromatic carbocycles. The van der Waals surface area contributed by atoms with Gasteiger partial charge in [0.1, 0.15) is 17.5 Å². The fourth-order valence-electron chi connectivity index (χ4n) is 6.68. The van der Waals surface area contributed by atoms with Crippen molar-refractivity contribution in [2.45, 2.75) is 45.3 Å². The van der Waals surface area contributed by atoms with Gasteiger partial charge in [0.05, 0.1) is 22.2 Å². The minimum Gasteiger partial charge on any atom is -0.490 e. The van der Waals surface area contributed by atoms with Crippen LogP contribution < -0.4 is 15.3 Å². The fourth-order valence-corrected chi connectivity index (χ4v) is 7.14. The number of ether oxygens (including phenoxy) is 1. The maximum Gasteiger partial charge on any atom is 0.350 e. The van der Waals surface area contributed by atoms with Gasteiger partial charge in [0.15, 0.2) is 5.75 Å². The summed E-state index contributed by atoms with van der Waals surface area (Å²) in [5, 5.41) is 0.463. The molecule has 3 aliphatic rings. The third-order valence-electron chi connectivity index (χ3n) is 9.21. The van der Waals surface area contributed by atoms with Crippen LogP contribution in [0.25, 0.3) is 22.0 Å². The van der Waals surface area contributed by atoms with Crippen LogP contribution >= 0.6 is 23.2 Å². The number of likely N-dealkylation sites (tertiary alicyclic amines) is 1. The molecule has 1 spiro atoms. The number of halogens is 4. The lowest BCUT2D eigenvalue weighted by Gasteiger charge is -2.44. The third kappa shape index (κ3) is 5.07. The predicted molar refractivity (Wildman–Crippen MR) is 164 cm³/mol. The van der Waals surface area contributed by atoms with Crippen molar-refractivity contribution >= 4 is 45.8 Å². The monoisotopic (exact) mass is 631 g/mol. The highest BCUT2D eigenvalue weighted by atomic mass is 35.5. The number of carbonyl (C=O) groups is 1. The van der Waals surface area contributed by atoms with E-state index in [1.165, 1.54) is 12.1 Å². The first-order valence-electron chi connectivity index (χ1n) is 14.4. The number of hydrogen-bond donors (Lipinski definition) is 0. The number of anilines is 1. The molecule has 0 saturated carbocycles. The molecular weight excluding hydrogens is 599 g/mol. The van der Waals surface area contributed by atoms with Crippen molar-refractivity contribution in [3.63, 3.8) is 0 Å². The molecule has 3 aliphatic heterocycles. The fraction of sp³-hybridized carbons (Fsp3) is 0.452. The molecule has 0 aliphatic carbocycles. The number of benzene rings is 2. The number of piperazine rings is 1. The topological polar surface area (TPSA) is 70.9 Å². The highest BCUT2D eigenvalue weighted by molar-refractivity contribution is 6.35. The van der Waals surface area contributed by atoms with E-state index in [9.17, 15) is 14.0 Å². The van der Waals surface area contributed by atoms with Crippen LogP contribution in [0, 0.1) is 17.0 Å². The van der Waals surface area contributed by atoms with E-state index in [-0.39, 0.29) is 56.9 Å². The third-order valence-corrected chi connectivity index (χ3v) is 9.80. The van der Waals surface area contributed by atoms with Crippen LogP contribution in [0.3, 0.4) is 0 Å². The first kappa shape index (κ1) is 29.8. The van der Waals surface area contributed by atoms with E-state index in [2.05, 4.69) is 23.5 Å². The SMILES string of the molecule is C=CC(=O)N1C[C@H](C)N(c2nc(=O)n3c4c(c(-c5cc(Cl)c(F)cc5F)c(Cl)cc24)OCC2(CCN(C)CC2)C3)C[C@H]1C. The van der Waals surface area contributed by atoms with Crippen LogP contribution in [-0.2, 0) is 11.3 Å². The molecule has 2 atom stereocenters. The van der Waals surface area contributed by atoms with E-state index in [0.29, 0.717) is 36.4 Å². The number of hydrogen-bond acceptors (Lipinski definition) is 6. The van der Waals surface area contributed by atoms with Gasteiger partial charge in [0, 0.05) is 59.7 Å². The summed E-state index contributed by atoms with van der Waals surface area (Å²) in [6.45, 7) is 10.7. The van der Waals surface area contributed by atoms with Crippen molar-refractivity contribution in [1.82, 2.24) is 19.4 Å². The number of nitrogens with zero attached hydrogens (tertiary/aromatic N) is 5. The van der Waals surface area contributed by atoms with Gasteiger partial charge in [-0.25, -0.2) is 13.6 Å². The quantitative estimate of drug-likeness (QED) is 0.286. The van der Waals surface area contributed by atoms with Crippen molar-refractivity contribution in [2.75, 3.05) is 44.7 Å². The average Bonchev–Trinajstić information content (AvgIpc) is 3.13. The number of rotatable bonds is 3. The summed E-state index contributed by atoms with van der Waals surface area (Å²) in [6, 6.07) is 3.21. The summed E-state index contributed by atoms with van der Waals surface area (Å²) >= 11 is 13.0. The maximum atomic E-state index is 15.4. The Kier molecular flexibility index (Phi) is 7.67. The summed E-state index contributed by atoms with van der Waals surface area (Å²) in [7, 11) is 2.06. The van der Waals surface area contributed by atoms with Crippen molar-refractivity contribution in [1.29, 1.82) is 0 Å². The molecule has 2 saturated heterocycles. The zero-order chi connectivity index (χ0) is 30.8. The van der Waals surface area contributed by atoms with Crippen molar-refractivity contribution in [3.8, 4) is 16.9 Å². The lowest BCUT2D eigenvalue weighted by Crippen LogP contribution is -2.58. The lowest BCUT2D eigenvalue weighted by atomic mass is 9.79. The molecular formula is C31H33Cl2F2N5O3. The van der Waals surface area contributed by atoms with Crippen LogP contribution in [0.4, 0.5) is 14.6 Å². The van der Waals surface area contributed by atoms with Crippen LogP contribution in [0.5, 0.6) is 5.75 Å². The lowest BCUT2D eigenvalue weighted by molar-refractivity contribution is -0.128. The van der Waals surface area contributed by atoms with Gasteiger partial charge in [0.25, 0.3) is 0 Å². The molecule has 4 heterocycles. The number of carbonyl (C=O) groups excluding carboxylic acids is 1. The largest absolute Gasteiger partial charge is 0.490 e. The first-order valence-corrected chi connectivity index (χ1v) is 15.1. The summed E-state index contributed by atoms with van der Waals surface area (Å²) in [6.07, 6.45) is 2.88. The number of amides is 1. The van der Waals surface area contributed by atoms with Gasteiger partial charge in [-0.15, -0.1) is 0 Å². The maximum absolute atomic E-state index is 15.4. The van der Waals surface area contributed by atoms with E-state index in [0.717, 1.165) is 32.0 Å². The van der Waals surface area contributed by atoms with Gasteiger partial charge in [-0.05, 0) is 65.0 Å². The van der Waals surface area contributed by atoms with Gasteiger partial charge >= 0.3 is 5.69 Å². The van der Waals surface area contributed by atoms with Gasteiger partial charge in [-0.3, -0.25) is 9.36 Å². The van der Waals surface area contributed by atoms with Gasteiger partial charge in [-0.2, -0.15) is 4.98 Å². The number of aromatic nitrogens is 2.